The van der Waals surface area contributed by atoms with Crippen LogP contribution >= 0.6 is 0 Å². The third-order valence-electron chi connectivity index (χ3n) is 5.54. The van der Waals surface area contributed by atoms with Gasteiger partial charge in [0.15, 0.2) is 0 Å². The molecule has 0 unspecified atom stereocenters. The van der Waals surface area contributed by atoms with Gasteiger partial charge >= 0.3 is 12.1 Å². The highest BCUT2D eigenvalue weighted by Gasteiger charge is 2.38. The lowest BCUT2D eigenvalue weighted by atomic mass is 9.93. The quantitative estimate of drug-likeness (QED) is 0.751. The summed E-state index contributed by atoms with van der Waals surface area (Å²) in [6, 6.07) is 2.04. The number of nitrogens with zero attached hydrogens (tertiary/aromatic N) is 4. The van der Waals surface area contributed by atoms with Gasteiger partial charge in [0.05, 0.1) is 25.2 Å². The molecule has 11 heteroatoms. The van der Waals surface area contributed by atoms with E-state index in [0.717, 1.165) is 58.1 Å². The van der Waals surface area contributed by atoms with E-state index in [1.54, 1.807) is 6.26 Å². The summed E-state index contributed by atoms with van der Waals surface area (Å²) >= 11 is 0. The maximum atomic E-state index is 10.6. The number of furan rings is 1. The van der Waals surface area contributed by atoms with Crippen LogP contribution in [0.1, 0.15) is 24.5 Å². The fourth-order valence-electron chi connectivity index (χ4n) is 3.78. The van der Waals surface area contributed by atoms with Gasteiger partial charge in [-0.2, -0.15) is 13.2 Å². The number of halogens is 3. The number of aromatic nitrogens is 2. The number of aliphatic carboxylic acids is 1. The zero-order valence-corrected chi connectivity index (χ0v) is 17.8. The highest BCUT2D eigenvalue weighted by molar-refractivity contribution is 5.73. The molecule has 0 aliphatic carbocycles. The number of likely N-dealkylation sites (tertiary alicyclic amines) is 1. The molecule has 176 valence electrons. The Balaban J connectivity index is 0.000000360. The van der Waals surface area contributed by atoms with Crippen molar-refractivity contribution in [2.24, 2.45) is 5.92 Å². The lowest BCUT2D eigenvalue weighted by Gasteiger charge is -2.37. The molecule has 2 aliphatic heterocycles. The first-order valence-corrected chi connectivity index (χ1v) is 10.5. The Labute approximate surface area is 184 Å². The largest absolute Gasteiger partial charge is 0.490 e. The molecule has 4 heterocycles. The van der Waals surface area contributed by atoms with Gasteiger partial charge < -0.3 is 19.2 Å². The third kappa shape index (κ3) is 6.67. The van der Waals surface area contributed by atoms with E-state index in [-0.39, 0.29) is 0 Å². The second kappa shape index (κ2) is 10.8. The van der Waals surface area contributed by atoms with Crippen LogP contribution in [0.4, 0.5) is 19.1 Å². The molecule has 0 radical (unpaired) electrons. The zero-order valence-electron chi connectivity index (χ0n) is 17.8. The monoisotopic (exact) mass is 456 g/mol. The summed E-state index contributed by atoms with van der Waals surface area (Å²) in [4.78, 5) is 22.8. The molecule has 32 heavy (non-hydrogen) atoms. The summed E-state index contributed by atoms with van der Waals surface area (Å²) in [7, 11) is 0. The van der Waals surface area contributed by atoms with Crippen LogP contribution in [0.5, 0.6) is 0 Å². The molecule has 1 N–H and O–H groups in total. The molecule has 2 fully saturated rings. The molecule has 2 saturated heterocycles. The predicted molar refractivity (Wildman–Crippen MR) is 109 cm³/mol. The van der Waals surface area contributed by atoms with Crippen LogP contribution in [0.15, 0.2) is 35.4 Å². The molecule has 0 spiro atoms. The van der Waals surface area contributed by atoms with Crippen molar-refractivity contribution < 1.29 is 32.2 Å². The molecule has 8 nitrogen and oxygen atoms in total. The van der Waals surface area contributed by atoms with Crippen molar-refractivity contribution in [3.05, 3.63) is 42.1 Å². The topological polar surface area (TPSA) is 91.9 Å². The summed E-state index contributed by atoms with van der Waals surface area (Å²) in [5.74, 6) is -1.38. The summed E-state index contributed by atoms with van der Waals surface area (Å²) in [5, 5.41) is 7.12. The standard InChI is InChI=1S/C19H26N4O2.C2HF3O2/c1-2-15-9-20-19(21-10-15)23-6-8-25-18-13-22(5-3-17(18)12-23)11-16-4-7-24-14-16;3-2(4,5)1(6)7/h4,7,9-10,14,17-18H,2-3,5-6,8,11-13H2,1H3;(H,6,7)/t17-,18-;/m1./s1. The van der Waals surface area contributed by atoms with Crippen molar-refractivity contribution in [2.75, 3.05) is 37.7 Å². The normalized spacial score (nSPS) is 21.8. The average Bonchev–Trinajstić information content (AvgIpc) is 3.18. The molecule has 0 bridgehead atoms. The van der Waals surface area contributed by atoms with Crippen LogP contribution in [-0.4, -0.2) is 71.0 Å². The van der Waals surface area contributed by atoms with E-state index in [9.17, 15) is 13.2 Å². The van der Waals surface area contributed by atoms with Crippen molar-refractivity contribution in [3.8, 4) is 0 Å². The predicted octanol–water partition coefficient (Wildman–Crippen LogP) is 2.99. The summed E-state index contributed by atoms with van der Waals surface area (Å²) in [6.07, 6.45) is 4.79. The SMILES string of the molecule is CCc1cnc(N2CCO[C@@H]3CN(Cc4ccoc4)CC[C@@H]3C2)nc1.O=C(O)C(F)(F)F. The Morgan fingerprint density at radius 1 is 1.22 bits per heavy atom. The minimum atomic E-state index is -5.08. The summed E-state index contributed by atoms with van der Waals surface area (Å²) in [5.41, 5.74) is 2.42. The number of piperidine rings is 1. The van der Waals surface area contributed by atoms with E-state index in [1.165, 1.54) is 11.1 Å². The highest BCUT2D eigenvalue weighted by atomic mass is 19.4. The van der Waals surface area contributed by atoms with Crippen molar-refractivity contribution in [2.45, 2.75) is 38.6 Å². The van der Waals surface area contributed by atoms with Crippen LogP contribution in [0, 0.1) is 5.92 Å². The molecule has 0 amide bonds. The summed E-state index contributed by atoms with van der Waals surface area (Å²) in [6.45, 7) is 7.72. The van der Waals surface area contributed by atoms with E-state index < -0.39 is 12.1 Å². The number of rotatable bonds is 4. The van der Waals surface area contributed by atoms with Gasteiger partial charge in [0, 0.05) is 50.1 Å². The highest BCUT2D eigenvalue weighted by Crippen LogP contribution is 2.26. The first-order valence-electron chi connectivity index (χ1n) is 10.5. The Morgan fingerprint density at radius 3 is 2.53 bits per heavy atom. The average molecular weight is 456 g/mol. The maximum absolute atomic E-state index is 10.6. The zero-order chi connectivity index (χ0) is 23.1. The van der Waals surface area contributed by atoms with Gasteiger partial charge in [0.25, 0.3) is 0 Å². The lowest BCUT2D eigenvalue weighted by Crippen LogP contribution is -2.46. The van der Waals surface area contributed by atoms with Crippen molar-refractivity contribution >= 4 is 11.9 Å². The van der Waals surface area contributed by atoms with Crippen molar-refractivity contribution in [3.63, 3.8) is 0 Å². The number of hydrogen-bond donors (Lipinski definition) is 1. The Morgan fingerprint density at radius 2 is 1.94 bits per heavy atom. The molecule has 2 aromatic rings. The van der Waals surface area contributed by atoms with Gasteiger partial charge in [-0.05, 0) is 31.0 Å². The van der Waals surface area contributed by atoms with Gasteiger partial charge in [0.1, 0.15) is 0 Å². The number of anilines is 1. The molecule has 0 aromatic carbocycles. The lowest BCUT2D eigenvalue weighted by molar-refractivity contribution is -0.192. The molecular weight excluding hydrogens is 429 g/mol. The Bertz CT molecular complexity index is 846. The van der Waals surface area contributed by atoms with Crippen LogP contribution in [0.25, 0.3) is 0 Å². The number of carbonyl (C=O) groups is 1. The van der Waals surface area contributed by atoms with Gasteiger partial charge in [0.2, 0.25) is 5.95 Å². The van der Waals surface area contributed by atoms with E-state index in [1.807, 2.05) is 24.7 Å². The first kappa shape index (κ1) is 24.0. The second-order valence-electron chi connectivity index (χ2n) is 7.82. The van der Waals surface area contributed by atoms with Crippen LogP contribution in [0.3, 0.4) is 0 Å². The van der Waals surface area contributed by atoms with Crippen LogP contribution < -0.4 is 4.90 Å². The minimum Gasteiger partial charge on any atom is -0.475 e. The van der Waals surface area contributed by atoms with Gasteiger partial charge in [-0.25, -0.2) is 14.8 Å². The molecule has 2 aromatic heterocycles. The fourth-order valence-corrected chi connectivity index (χ4v) is 3.78. The Hall–Kier alpha value is -2.66. The van der Waals surface area contributed by atoms with E-state index in [0.29, 0.717) is 12.0 Å². The van der Waals surface area contributed by atoms with E-state index in [4.69, 9.17) is 19.1 Å². The molecule has 0 saturated carbocycles. The van der Waals surface area contributed by atoms with Crippen LogP contribution in [-0.2, 0) is 22.5 Å². The number of carboxylic acid groups (broad SMARTS) is 1. The Kier molecular flexibility index (Phi) is 8.08. The minimum absolute atomic E-state index is 0.292. The van der Waals surface area contributed by atoms with Crippen LogP contribution in [0.2, 0.25) is 0 Å². The smallest absolute Gasteiger partial charge is 0.475 e. The number of carboxylic acids is 1. The second-order valence-corrected chi connectivity index (χ2v) is 7.82. The van der Waals surface area contributed by atoms with Crippen molar-refractivity contribution in [1.82, 2.24) is 14.9 Å². The van der Waals surface area contributed by atoms with E-state index in [2.05, 4.69) is 26.7 Å². The third-order valence-corrected chi connectivity index (χ3v) is 5.54. The maximum Gasteiger partial charge on any atom is 0.490 e. The van der Waals surface area contributed by atoms with Gasteiger partial charge in [-0.15, -0.1) is 0 Å². The first-order chi connectivity index (χ1) is 15.3. The molecule has 2 aliphatic rings. The van der Waals surface area contributed by atoms with Gasteiger partial charge in [-0.3, -0.25) is 4.90 Å². The fraction of sp³-hybridized carbons (Fsp3) is 0.571. The number of aryl methyl sites for hydroxylation is 1. The van der Waals surface area contributed by atoms with Crippen molar-refractivity contribution in [1.29, 1.82) is 0 Å². The number of ether oxygens (including phenoxy) is 1. The number of alkyl halides is 3. The number of hydrogen-bond acceptors (Lipinski definition) is 7. The van der Waals surface area contributed by atoms with Gasteiger partial charge in [-0.1, -0.05) is 6.92 Å². The molecular formula is C21H27F3N4O4. The summed E-state index contributed by atoms with van der Waals surface area (Å²) < 4.78 is 43.1. The van der Waals surface area contributed by atoms with E-state index >= 15 is 0 Å². The molecule has 4 rings (SSSR count). The molecule has 2 atom stereocenters. The number of fused-ring (bicyclic) bond motifs is 1.